The van der Waals surface area contributed by atoms with Crippen LogP contribution in [-0.2, 0) is 4.79 Å². The number of nitrogens with one attached hydrogen (secondary N) is 1. The minimum atomic E-state index is -0.694. The SMILES string of the molecule is CC(C(=O)NCC(O)c1ccccc1)n1ccnc1. The highest BCUT2D eigenvalue weighted by molar-refractivity contribution is 5.79. The van der Waals surface area contributed by atoms with Crippen LogP contribution in [0.25, 0.3) is 0 Å². The number of aliphatic hydroxyl groups is 1. The fourth-order valence-electron chi connectivity index (χ4n) is 1.77. The molecule has 2 unspecified atom stereocenters. The second kappa shape index (κ2) is 6.15. The second-order valence-corrected chi connectivity index (χ2v) is 4.36. The van der Waals surface area contributed by atoms with Gasteiger partial charge in [0.05, 0.1) is 12.4 Å². The van der Waals surface area contributed by atoms with Crippen LogP contribution in [-0.4, -0.2) is 27.1 Å². The lowest BCUT2D eigenvalue weighted by Crippen LogP contribution is -2.33. The van der Waals surface area contributed by atoms with E-state index >= 15 is 0 Å². The highest BCUT2D eigenvalue weighted by atomic mass is 16.3. The average molecular weight is 259 g/mol. The van der Waals surface area contributed by atoms with Gasteiger partial charge in [0.2, 0.25) is 5.91 Å². The lowest BCUT2D eigenvalue weighted by atomic mass is 10.1. The molecule has 100 valence electrons. The summed E-state index contributed by atoms with van der Waals surface area (Å²) >= 11 is 0. The van der Waals surface area contributed by atoms with Gasteiger partial charge in [0.15, 0.2) is 0 Å². The molecule has 2 N–H and O–H groups in total. The summed E-state index contributed by atoms with van der Waals surface area (Å²) in [5.41, 5.74) is 0.790. The Morgan fingerprint density at radius 3 is 2.79 bits per heavy atom. The number of benzene rings is 1. The zero-order valence-electron chi connectivity index (χ0n) is 10.7. The summed E-state index contributed by atoms with van der Waals surface area (Å²) < 4.78 is 1.71. The van der Waals surface area contributed by atoms with Crippen molar-refractivity contribution in [2.75, 3.05) is 6.54 Å². The van der Waals surface area contributed by atoms with Crippen LogP contribution >= 0.6 is 0 Å². The molecule has 1 heterocycles. The molecule has 1 aromatic heterocycles. The predicted molar refractivity (Wildman–Crippen MR) is 71.3 cm³/mol. The van der Waals surface area contributed by atoms with Gasteiger partial charge >= 0.3 is 0 Å². The summed E-state index contributed by atoms with van der Waals surface area (Å²) in [7, 11) is 0. The van der Waals surface area contributed by atoms with Gasteiger partial charge in [-0.05, 0) is 12.5 Å². The second-order valence-electron chi connectivity index (χ2n) is 4.36. The Morgan fingerprint density at radius 2 is 2.16 bits per heavy atom. The summed E-state index contributed by atoms with van der Waals surface area (Å²) in [6.07, 6.45) is 4.26. The monoisotopic (exact) mass is 259 g/mol. The minimum absolute atomic E-state index is 0.145. The van der Waals surface area contributed by atoms with E-state index in [0.717, 1.165) is 5.56 Å². The topological polar surface area (TPSA) is 67.2 Å². The first-order valence-corrected chi connectivity index (χ1v) is 6.16. The molecule has 0 spiro atoms. The van der Waals surface area contributed by atoms with Gasteiger partial charge in [0.1, 0.15) is 6.04 Å². The number of rotatable bonds is 5. The van der Waals surface area contributed by atoms with Gasteiger partial charge in [0.25, 0.3) is 0 Å². The predicted octanol–water partition coefficient (Wildman–Crippen LogP) is 1.29. The van der Waals surface area contributed by atoms with E-state index in [1.165, 1.54) is 0 Å². The van der Waals surface area contributed by atoms with E-state index < -0.39 is 6.10 Å². The van der Waals surface area contributed by atoms with Gasteiger partial charge in [-0.15, -0.1) is 0 Å². The number of imidazole rings is 1. The number of hydrogen-bond acceptors (Lipinski definition) is 3. The van der Waals surface area contributed by atoms with Crippen LogP contribution in [0.5, 0.6) is 0 Å². The number of nitrogens with zero attached hydrogens (tertiary/aromatic N) is 2. The van der Waals surface area contributed by atoms with E-state index in [9.17, 15) is 9.90 Å². The van der Waals surface area contributed by atoms with Crippen molar-refractivity contribution >= 4 is 5.91 Å². The average Bonchev–Trinajstić information content (AvgIpc) is 2.98. The van der Waals surface area contributed by atoms with Gasteiger partial charge in [0, 0.05) is 18.9 Å². The maximum Gasteiger partial charge on any atom is 0.242 e. The van der Waals surface area contributed by atoms with Gasteiger partial charge in [-0.2, -0.15) is 0 Å². The first-order chi connectivity index (χ1) is 9.18. The molecule has 0 aliphatic rings. The largest absolute Gasteiger partial charge is 0.387 e. The van der Waals surface area contributed by atoms with E-state index in [4.69, 9.17) is 0 Å². The maximum atomic E-state index is 11.9. The van der Waals surface area contributed by atoms with Crippen molar-refractivity contribution in [3.8, 4) is 0 Å². The van der Waals surface area contributed by atoms with Crippen LogP contribution < -0.4 is 5.32 Å². The molecule has 0 saturated heterocycles. The van der Waals surface area contributed by atoms with Gasteiger partial charge < -0.3 is 15.0 Å². The van der Waals surface area contributed by atoms with Gasteiger partial charge in [-0.3, -0.25) is 4.79 Å². The molecule has 0 aliphatic heterocycles. The highest BCUT2D eigenvalue weighted by Crippen LogP contribution is 2.11. The molecule has 1 amide bonds. The fourth-order valence-corrected chi connectivity index (χ4v) is 1.77. The van der Waals surface area contributed by atoms with E-state index in [-0.39, 0.29) is 18.5 Å². The van der Waals surface area contributed by atoms with E-state index in [2.05, 4.69) is 10.3 Å². The van der Waals surface area contributed by atoms with Crippen molar-refractivity contribution in [1.29, 1.82) is 0 Å². The van der Waals surface area contributed by atoms with Crippen LogP contribution in [0.15, 0.2) is 49.1 Å². The van der Waals surface area contributed by atoms with Crippen LogP contribution in [0, 0.1) is 0 Å². The van der Waals surface area contributed by atoms with Crippen molar-refractivity contribution in [3.05, 3.63) is 54.6 Å². The van der Waals surface area contributed by atoms with E-state index in [1.807, 2.05) is 30.3 Å². The van der Waals surface area contributed by atoms with Gasteiger partial charge in [-0.25, -0.2) is 4.98 Å². The number of aliphatic hydroxyl groups excluding tert-OH is 1. The molecule has 0 aliphatic carbocycles. The third-order valence-electron chi connectivity index (χ3n) is 3.01. The maximum absolute atomic E-state index is 11.9. The van der Waals surface area contributed by atoms with Crippen molar-refractivity contribution in [3.63, 3.8) is 0 Å². The Bertz CT molecular complexity index is 511. The fraction of sp³-hybridized carbons (Fsp3) is 0.286. The number of aromatic nitrogens is 2. The Labute approximate surface area is 111 Å². The van der Waals surface area contributed by atoms with Gasteiger partial charge in [-0.1, -0.05) is 30.3 Å². The summed E-state index contributed by atoms with van der Waals surface area (Å²) in [5, 5.41) is 12.7. The van der Waals surface area contributed by atoms with Crippen LogP contribution in [0.3, 0.4) is 0 Å². The van der Waals surface area contributed by atoms with Crippen LogP contribution in [0.4, 0.5) is 0 Å². The lowest BCUT2D eigenvalue weighted by molar-refractivity contribution is -0.124. The standard InChI is InChI=1S/C14H17N3O2/c1-11(17-8-7-15-10-17)14(19)16-9-13(18)12-5-3-2-4-6-12/h2-8,10-11,13,18H,9H2,1H3,(H,16,19). The molecule has 0 saturated carbocycles. The number of carbonyl (C=O) groups excluding carboxylic acids is 1. The van der Waals surface area contributed by atoms with Crippen molar-refractivity contribution in [2.45, 2.75) is 19.1 Å². The summed E-state index contributed by atoms with van der Waals surface area (Å²) in [5.74, 6) is -0.145. The minimum Gasteiger partial charge on any atom is -0.387 e. The summed E-state index contributed by atoms with van der Waals surface area (Å²) in [6.45, 7) is 1.98. The van der Waals surface area contributed by atoms with Crippen molar-refractivity contribution < 1.29 is 9.90 Å². The molecular formula is C14H17N3O2. The molecule has 2 atom stereocenters. The molecular weight excluding hydrogens is 242 g/mol. The normalized spacial score (nSPS) is 13.8. The Hall–Kier alpha value is -2.14. The Morgan fingerprint density at radius 1 is 1.42 bits per heavy atom. The zero-order valence-corrected chi connectivity index (χ0v) is 10.7. The summed E-state index contributed by atoms with van der Waals surface area (Å²) in [6, 6.07) is 8.91. The highest BCUT2D eigenvalue weighted by Gasteiger charge is 2.15. The molecule has 2 aromatic rings. The molecule has 5 heteroatoms. The first-order valence-electron chi connectivity index (χ1n) is 6.16. The van der Waals surface area contributed by atoms with Crippen LogP contribution in [0.2, 0.25) is 0 Å². The smallest absolute Gasteiger partial charge is 0.242 e. The molecule has 5 nitrogen and oxygen atoms in total. The van der Waals surface area contributed by atoms with Crippen LogP contribution in [0.1, 0.15) is 24.6 Å². The molecule has 0 fully saturated rings. The van der Waals surface area contributed by atoms with E-state index in [0.29, 0.717) is 0 Å². The molecule has 0 bridgehead atoms. The number of carbonyl (C=O) groups is 1. The Kier molecular flexibility index (Phi) is 4.30. The zero-order chi connectivity index (χ0) is 13.7. The van der Waals surface area contributed by atoms with Crippen molar-refractivity contribution in [2.24, 2.45) is 0 Å². The molecule has 19 heavy (non-hydrogen) atoms. The molecule has 0 radical (unpaired) electrons. The summed E-state index contributed by atoms with van der Waals surface area (Å²) in [4.78, 5) is 15.8. The third-order valence-corrected chi connectivity index (χ3v) is 3.01. The first kappa shape index (κ1) is 13.3. The quantitative estimate of drug-likeness (QED) is 0.850. The number of hydrogen-bond donors (Lipinski definition) is 2. The lowest BCUT2D eigenvalue weighted by Gasteiger charge is -2.16. The van der Waals surface area contributed by atoms with E-state index in [1.54, 1.807) is 30.2 Å². The molecule has 2 rings (SSSR count). The van der Waals surface area contributed by atoms with Crippen molar-refractivity contribution in [1.82, 2.24) is 14.9 Å². The third kappa shape index (κ3) is 3.42. The molecule has 1 aromatic carbocycles. The Balaban J connectivity index is 1.87. The number of amides is 1.